The fraction of sp³-hybridized carbons (Fsp3) is 0.538. The van der Waals surface area contributed by atoms with E-state index >= 15 is 0 Å². The van der Waals surface area contributed by atoms with E-state index in [1.807, 2.05) is 36.4 Å². The standard InChI is InChI=1S/C26H38N2O4/c1-19-5-7-25(13-21(19)3)31-17-23(29)15-27-9-11-28(12-10-27)16-24(30)18-32-26-8-6-20(2)22(4)14-26/h5-8,13-14,23-24,29-30H,9-12,15-18H2,1-4H3. The lowest BCUT2D eigenvalue weighted by Crippen LogP contribution is -2.51. The fourth-order valence-corrected chi connectivity index (χ4v) is 3.85. The van der Waals surface area contributed by atoms with Gasteiger partial charge in [0.1, 0.15) is 36.9 Å². The molecule has 2 aromatic rings. The summed E-state index contributed by atoms with van der Waals surface area (Å²) in [6.45, 7) is 13.5. The van der Waals surface area contributed by atoms with Gasteiger partial charge in [0.25, 0.3) is 0 Å². The van der Waals surface area contributed by atoms with Crippen molar-refractivity contribution in [1.29, 1.82) is 0 Å². The zero-order valence-corrected chi connectivity index (χ0v) is 19.9. The minimum Gasteiger partial charge on any atom is -0.491 e. The van der Waals surface area contributed by atoms with Gasteiger partial charge in [0.05, 0.1) is 0 Å². The van der Waals surface area contributed by atoms with Crippen LogP contribution < -0.4 is 9.47 Å². The largest absolute Gasteiger partial charge is 0.491 e. The molecule has 0 saturated carbocycles. The number of rotatable bonds is 10. The van der Waals surface area contributed by atoms with Crippen LogP contribution in [0.15, 0.2) is 36.4 Å². The summed E-state index contributed by atoms with van der Waals surface area (Å²) in [4.78, 5) is 4.51. The van der Waals surface area contributed by atoms with Crippen LogP contribution in [0.25, 0.3) is 0 Å². The lowest BCUT2D eigenvalue weighted by molar-refractivity contribution is 0.0240. The average Bonchev–Trinajstić information content (AvgIpc) is 2.77. The molecule has 2 aromatic carbocycles. The van der Waals surface area contributed by atoms with Crippen molar-refractivity contribution in [2.75, 3.05) is 52.5 Å². The maximum Gasteiger partial charge on any atom is 0.119 e. The number of β-amino-alcohol motifs (C(OH)–C–C–N with tert-alkyl or cyclic N) is 2. The number of hydrogen-bond acceptors (Lipinski definition) is 6. The molecule has 0 bridgehead atoms. The van der Waals surface area contributed by atoms with E-state index in [2.05, 4.69) is 37.5 Å². The van der Waals surface area contributed by atoms with E-state index in [-0.39, 0.29) is 13.2 Å². The van der Waals surface area contributed by atoms with Crippen molar-refractivity contribution < 1.29 is 19.7 Å². The molecule has 1 saturated heterocycles. The Labute approximate surface area is 192 Å². The molecule has 0 aliphatic carbocycles. The maximum atomic E-state index is 10.4. The number of ether oxygens (including phenoxy) is 2. The highest BCUT2D eigenvalue weighted by atomic mass is 16.5. The number of hydrogen-bond donors (Lipinski definition) is 2. The summed E-state index contributed by atoms with van der Waals surface area (Å²) in [6.07, 6.45) is -1.06. The number of aliphatic hydroxyl groups excluding tert-OH is 2. The molecule has 1 aliphatic rings. The van der Waals surface area contributed by atoms with Crippen LogP contribution in [0, 0.1) is 27.7 Å². The number of nitrogens with zero attached hydrogens (tertiary/aromatic N) is 2. The quantitative estimate of drug-likeness (QED) is 0.590. The molecular formula is C26H38N2O4. The van der Waals surface area contributed by atoms with Gasteiger partial charge in [0.15, 0.2) is 0 Å². The van der Waals surface area contributed by atoms with Crippen LogP contribution in [-0.4, -0.2) is 84.7 Å². The Hall–Kier alpha value is -2.12. The van der Waals surface area contributed by atoms with E-state index in [9.17, 15) is 10.2 Å². The lowest BCUT2D eigenvalue weighted by atomic mass is 10.1. The fourth-order valence-electron chi connectivity index (χ4n) is 3.85. The monoisotopic (exact) mass is 442 g/mol. The van der Waals surface area contributed by atoms with Crippen molar-refractivity contribution in [3.05, 3.63) is 58.7 Å². The highest BCUT2D eigenvalue weighted by Gasteiger charge is 2.21. The van der Waals surface area contributed by atoms with E-state index in [0.29, 0.717) is 13.1 Å². The Bertz CT molecular complexity index is 793. The lowest BCUT2D eigenvalue weighted by Gasteiger charge is -2.36. The summed E-state index contributed by atoms with van der Waals surface area (Å²) in [5.41, 5.74) is 4.85. The molecule has 2 unspecified atom stereocenters. The first-order chi connectivity index (χ1) is 15.3. The van der Waals surface area contributed by atoms with Crippen molar-refractivity contribution in [3.8, 4) is 11.5 Å². The molecule has 1 aliphatic heterocycles. The second kappa shape index (κ2) is 11.7. The summed E-state index contributed by atoms with van der Waals surface area (Å²) in [7, 11) is 0. The SMILES string of the molecule is Cc1ccc(OCC(O)CN2CCN(CC(O)COc3ccc(C)c(C)c3)CC2)cc1C. The summed E-state index contributed by atoms with van der Waals surface area (Å²) < 4.78 is 11.5. The molecule has 0 radical (unpaired) electrons. The molecule has 6 heteroatoms. The van der Waals surface area contributed by atoms with Crippen LogP contribution in [0.3, 0.4) is 0 Å². The molecule has 1 fully saturated rings. The van der Waals surface area contributed by atoms with E-state index in [1.54, 1.807) is 0 Å². The maximum absolute atomic E-state index is 10.4. The van der Waals surface area contributed by atoms with Crippen molar-refractivity contribution >= 4 is 0 Å². The van der Waals surface area contributed by atoms with Crippen molar-refractivity contribution in [1.82, 2.24) is 9.80 Å². The number of aliphatic hydroxyl groups is 2. The second-order valence-electron chi connectivity index (χ2n) is 9.02. The molecular weight excluding hydrogens is 404 g/mol. The van der Waals surface area contributed by atoms with Gasteiger partial charge in [-0.3, -0.25) is 9.80 Å². The number of aryl methyl sites for hydroxylation is 4. The number of piperazine rings is 1. The van der Waals surface area contributed by atoms with Crippen LogP contribution in [0.1, 0.15) is 22.3 Å². The Kier molecular flexibility index (Phi) is 8.93. The van der Waals surface area contributed by atoms with Crippen LogP contribution in [-0.2, 0) is 0 Å². The molecule has 176 valence electrons. The van der Waals surface area contributed by atoms with Gasteiger partial charge in [0.2, 0.25) is 0 Å². The van der Waals surface area contributed by atoms with Crippen LogP contribution in [0.4, 0.5) is 0 Å². The third-order valence-electron chi connectivity index (χ3n) is 6.24. The second-order valence-corrected chi connectivity index (χ2v) is 9.02. The van der Waals surface area contributed by atoms with Gasteiger partial charge < -0.3 is 19.7 Å². The summed E-state index contributed by atoms with van der Waals surface area (Å²) in [5, 5.41) is 20.8. The zero-order chi connectivity index (χ0) is 23.1. The van der Waals surface area contributed by atoms with Crippen molar-refractivity contribution in [2.45, 2.75) is 39.9 Å². The van der Waals surface area contributed by atoms with Crippen LogP contribution in [0.2, 0.25) is 0 Å². The third kappa shape index (κ3) is 7.48. The highest BCUT2D eigenvalue weighted by molar-refractivity contribution is 5.34. The van der Waals surface area contributed by atoms with E-state index in [4.69, 9.17) is 9.47 Å². The van der Waals surface area contributed by atoms with E-state index < -0.39 is 12.2 Å². The van der Waals surface area contributed by atoms with E-state index in [1.165, 1.54) is 22.3 Å². The first kappa shape index (κ1) is 24.5. The zero-order valence-electron chi connectivity index (χ0n) is 19.9. The predicted molar refractivity (Wildman–Crippen MR) is 128 cm³/mol. The molecule has 32 heavy (non-hydrogen) atoms. The molecule has 2 atom stereocenters. The van der Waals surface area contributed by atoms with Crippen LogP contribution >= 0.6 is 0 Å². The smallest absolute Gasteiger partial charge is 0.119 e. The first-order valence-electron chi connectivity index (χ1n) is 11.5. The molecule has 0 aromatic heterocycles. The summed E-state index contributed by atoms with van der Waals surface area (Å²) in [5.74, 6) is 1.60. The van der Waals surface area contributed by atoms with Gasteiger partial charge in [-0.2, -0.15) is 0 Å². The Morgan fingerprint density at radius 3 is 1.38 bits per heavy atom. The molecule has 0 spiro atoms. The van der Waals surface area contributed by atoms with Crippen molar-refractivity contribution in [3.63, 3.8) is 0 Å². The minimum atomic E-state index is -0.528. The third-order valence-corrected chi connectivity index (χ3v) is 6.24. The van der Waals surface area contributed by atoms with Crippen molar-refractivity contribution in [2.24, 2.45) is 0 Å². The Morgan fingerprint density at radius 1 is 0.656 bits per heavy atom. The topological polar surface area (TPSA) is 65.4 Å². The Morgan fingerprint density at radius 2 is 1.03 bits per heavy atom. The van der Waals surface area contributed by atoms with Gasteiger partial charge >= 0.3 is 0 Å². The molecule has 1 heterocycles. The summed E-state index contributed by atoms with van der Waals surface area (Å²) in [6, 6.07) is 12.0. The van der Waals surface area contributed by atoms with Gasteiger partial charge in [-0.25, -0.2) is 0 Å². The predicted octanol–water partition coefficient (Wildman–Crippen LogP) is 2.72. The molecule has 0 amide bonds. The molecule has 2 N–H and O–H groups in total. The normalized spacial score (nSPS) is 17.2. The molecule has 6 nitrogen and oxygen atoms in total. The minimum absolute atomic E-state index is 0.289. The molecule has 3 rings (SSSR count). The average molecular weight is 443 g/mol. The number of benzene rings is 2. The summed E-state index contributed by atoms with van der Waals surface area (Å²) >= 11 is 0. The Balaban J connectivity index is 1.32. The van der Waals surface area contributed by atoms with E-state index in [0.717, 1.165) is 37.7 Å². The van der Waals surface area contributed by atoms with Gasteiger partial charge in [-0.1, -0.05) is 12.1 Å². The first-order valence-corrected chi connectivity index (χ1v) is 11.5. The highest BCUT2D eigenvalue weighted by Crippen LogP contribution is 2.18. The van der Waals surface area contributed by atoms with Gasteiger partial charge in [0, 0.05) is 39.3 Å². The van der Waals surface area contributed by atoms with Gasteiger partial charge in [-0.05, 0) is 74.2 Å². The van der Waals surface area contributed by atoms with Gasteiger partial charge in [-0.15, -0.1) is 0 Å². The van der Waals surface area contributed by atoms with Crippen LogP contribution in [0.5, 0.6) is 11.5 Å².